The second-order valence-electron chi connectivity index (χ2n) is 2.82. The van der Waals surface area contributed by atoms with Crippen LogP contribution >= 0.6 is 0 Å². The number of hydrogen-bond donors (Lipinski definition) is 1. The lowest BCUT2D eigenvalue weighted by Gasteiger charge is -2.01. The van der Waals surface area contributed by atoms with E-state index >= 15 is 0 Å². The Balaban J connectivity index is 3.04. The van der Waals surface area contributed by atoms with E-state index in [2.05, 4.69) is 6.92 Å². The first-order valence-electron chi connectivity index (χ1n) is 4.20. The van der Waals surface area contributed by atoms with Gasteiger partial charge in [0.1, 0.15) is 5.75 Å². The summed E-state index contributed by atoms with van der Waals surface area (Å²) in [7, 11) is 0. The molecule has 0 atom stereocenters. The first-order valence-corrected chi connectivity index (χ1v) is 4.20. The summed E-state index contributed by atoms with van der Waals surface area (Å²) in [4.78, 5) is 0. The highest BCUT2D eigenvalue weighted by Crippen LogP contribution is 2.21. The van der Waals surface area contributed by atoms with E-state index in [4.69, 9.17) is 0 Å². The van der Waals surface area contributed by atoms with Crippen molar-refractivity contribution in [3.05, 3.63) is 35.4 Å². The van der Waals surface area contributed by atoms with Gasteiger partial charge in [-0.05, 0) is 25.0 Å². The molecule has 1 aromatic carbocycles. The SMILES string of the molecule is CCC=Cc1c(C)cccc1O. The third kappa shape index (κ3) is 1.88. The average molecular weight is 162 g/mol. The predicted molar refractivity (Wildman–Crippen MR) is 52.2 cm³/mol. The zero-order valence-electron chi connectivity index (χ0n) is 7.54. The largest absolute Gasteiger partial charge is 0.507 e. The van der Waals surface area contributed by atoms with Gasteiger partial charge in [-0.1, -0.05) is 31.2 Å². The summed E-state index contributed by atoms with van der Waals surface area (Å²) < 4.78 is 0. The molecule has 0 unspecified atom stereocenters. The standard InChI is InChI=1S/C11H14O/c1-3-4-7-10-9(2)6-5-8-11(10)12/h4-8,12H,3H2,1-2H3. The van der Waals surface area contributed by atoms with Gasteiger partial charge in [0, 0.05) is 5.56 Å². The smallest absolute Gasteiger partial charge is 0.123 e. The van der Waals surface area contributed by atoms with Crippen LogP contribution in [0, 0.1) is 6.92 Å². The molecular weight excluding hydrogens is 148 g/mol. The second kappa shape index (κ2) is 3.96. The van der Waals surface area contributed by atoms with Crippen LogP contribution in [0.25, 0.3) is 6.08 Å². The van der Waals surface area contributed by atoms with Crippen molar-refractivity contribution in [2.45, 2.75) is 20.3 Å². The molecule has 12 heavy (non-hydrogen) atoms. The molecule has 1 aromatic rings. The third-order valence-corrected chi connectivity index (χ3v) is 1.82. The molecule has 0 aliphatic carbocycles. The number of benzene rings is 1. The van der Waals surface area contributed by atoms with Crippen molar-refractivity contribution >= 4 is 6.08 Å². The minimum absolute atomic E-state index is 0.361. The van der Waals surface area contributed by atoms with Crippen molar-refractivity contribution in [3.63, 3.8) is 0 Å². The Bertz CT molecular complexity index is 267. The van der Waals surface area contributed by atoms with Gasteiger partial charge in [0.2, 0.25) is 0 Å². The summed E-state index contributed by atoms with van der Waals surface area (Å²) in [6.07, 6.45) is 5.00. The van der Waals surface area contributed by atoms with Gasteiger partial charge in [0.05, 0.1) is 0 Å². The van der Waals surface area contributed by atoms with E-state index in [-0.39, 0.29) is 0 Å². The van der Waals surface area contributed by atoms with Crippen LogP contribution in [-0.2, 0) is 0 Å². The molecule has 0 amide bonds. The van der Waals surface area contributed by atoms with Crippen LogP contribution in [0.2, 0.25) is 0 Å². The summed E-state index contributed by atoms with van der Waals surface area (Å²) in [6, 6.07) is 5.56. The second-order valence-corrected chi connectivity index (χ2v) is 2.82. The molecular formula is C11H14O. The molecule has 0 aromatic heterocycles. The fourth-order valence-corrected chi connectivity index (χ4v) is 1.12. The quantitative estimate of drug-likeness (QED) is 0.708. The number of hydrogen-bond acceptors (Lipinski definition) is 1. The monoisotopic (exact) mass is 162 g/mol. The van der Waals surface area contributed by atoms with Gasteiger partial charge in [-0.15, -0.1) is 0 Å². The van der Waals surface area contributed by atoms with Gasteiger partial charge in [-0.25, -0.2) is 0 Å². The van der Waals surface area contributed by atoms with Crippen LogP contribution in [0.3, 0.4) is 0 Å². The Kier molecular flexibility index (Phi) is 2.92. The summed E-state index contributed by atoms with van der Waals surface area (Å²) in [5.41, 5.74) is 2.04. The summed E-state index contributed by atoms with van der Waals surface area (Å²) in [6.45, 7) is 4.07. The van der Waals surface area contributed by atoms with Gasteiger partial charge >= 0.3 is 0 Å². The van der Waals surface area contributed by atoms with Crippen LogP contribution in [0.15, 0.2) is 24.3 Å². The molecule has 0 fully saturated rings. The molecule has 0 aliphatic rings. The van der Waals surface area contributed by atoms with Crippen molar-refractivity contribution in [2.24, 2.45) is 0 Å². The van der Waals surface area contributed by atoms with Gasteiger partial charge in [-0.2, -0.15) is 0 Å². The van der Waals surface area contributed by atoms with Crippen molar-refractivity contribution < 1.29 is 5.11 Å². The van der Waals surface area contributed by atoms with Crippen molar-refractivity contribution in [1.29, 1.82) is 0 Å². The average Bonchev–Trinajstić information content (AvgIpc) is 2.04. The van der Waals surface area contributed by atoms with Gasteiger partial charge in [0.15, 0.2) is 0 Å². The van der Waals surface area contributed by atoms with Gasteiger partial charge in [0.25, 0.3) is 0 Å². The van der Waals surface area contributed by atoms with Crippen LogP contribution in [0.5, 0.6) is 5.75 Å². The summed E-state index contributed by atoms with van der Waals surface area (Å²) >= 11 is 0. The molecule has 0 bridgehead atoms. The molecule has 1 nitrogen and oxygen atoms in total. The first-order chi connectivity index (χ1) is 5.75. The number of phenols is 1. The Morgan fingerprint density at radius 2 is 2.17 bits per heavy atom. The van der Waals surface area contributed by atoms with Crippen LogP contribution in [-0.4, -0.2) is 5.11 Å². The minimum Gasteiger partial charge on any atom is -0.507 e. The van der Waals surface area contributed by atoms with E-state index in [0.717, 1.165) is 17.5 Å². The maximum atomic E-state index is 9.47. The topological polar surface area (TPSA) is 20.2 Å². The molecule has 0 saturated heterocycles. The number of aryl methyl sites for hydroxylation is 1. The lowest BCUT2D eigenvalue weighted by Crippen LogP contribution is -1.80. The van der Waals surface area contributed by atoms with E-state index in [0.29, 0.717) is 5.75 Å². The molecule has 0 spiro atoms. The summed E-state index contributed by atoms with van der Waals surface area (Å²) in [5.74, 6) is 0.361. The van der Waals surface area contributed by atoms with Crippen molar-refractivity contribution in [3.8, 4) is 5.75 Å². The summed E-state index contributed by atoms with van der Waals surface area (Å²) in [5, 5.41) is 9.47. The number of phenolic OH excluding ortho intramolecular Hbond substituents is 1. The highest BCUT2D eigenvalue weighted by molar-refractivity contribution is 5.60. The molecule has 1 rings (SSSR count). The third-order valence-electron chi connectivity index (χ3n) is 1.82. The molecule has 64 valence electrons. The predicted octanol–water partition coefficient (Wildman–Crippen LogP) is 3.12. The highest BCUT2D eigenvalue weighted by Gasteiger charge is 1.98. The van der Waals surface area contributed by atoms with Gasteiger partial charge in [-0.3, -0.25) is 0 Å². The van der Waals surface area contributed by atoms with Gasteiger partial charge < -0.3 is 5.11 Å². The number of allylic oxidation sites excluding steroid dienone is 1. The maximum absolute atomic E-state index is 9.47. The minimum atomic E-state index is 0.361. The molecule has 0 saturated carbocycles. The Morgan fingerprint density at radius 1 is 1.42 bits per heavy atom. The lowest BCUT2D eigenvalue weighted by molar-refractivity contribution is 0.473. The van der Waals surface area contributed by atoms with Crippen LogP contribution in [0.1, 0.15) is 24.5 Å². The molecule has 0 heterocycles. The van der Waals surface area contributed by atoms with E-state index in [1.54, 1.807) is 6.07 Å². The van der Waals surface area contributed by atoms with Crippen molar-refractivity contribution in [2.75, 3.05) is 0 Å². The fraction of sp³-hybridized carbons (Fsp3) is 0.273. The Labute approximate surface area is 73.4 Å². The van der Waals surface area contributed by atoms with E-state index in [1.165, 1.54) is 0 Å². The molecule has 0 radical (unpaired) electrons. The highest BCUT2D eigenvalue weighted by atomic mass is 16.3. The Morgan fingerprint density at radius 3 is 2.75 bits per heavy atom. The van der Waals surface area contributed by atoms with Crippen molar-refractivity contribution in [1.82, 2.24) is 0 Å². The zero-order valence-corrected chi connectivity index (χ0v) is 7.54. The maximum Gasteiger partial charge on any atom is 0.123 e. The van der Waals surface area contributed by atoms with E-state index < -0.39 is 0 Å². The molecule has 0 aliphatic heterocycles. The number of aromatic hydroxyl groups is 1. The van der Waals surface area contributed by atoms with Crippen LogP contribution < -0.4 is 0 Å². The van der Waals surface area contributed by atoms with Crippen LogP contribution in [0.4, 0.5) is 0 Å². The normalized spacial score (nSPS) is 10.8. The number of rotatable bonds is 2. The lowest BCUT2D eigenvalue weighted by atomic mass is 10.1. The Hall–Kier alpha value is -1.24. The fourth-order valence-electron chi connectivity index (χ4n) is 1.12. The zero-order chi connectivity index (χ0) is 8.97. The molecule has 1 heteroatoms. The first kappa shape index (κ1) is 8.85. The van der Waals surface area contributed by atoms with E-state index in [9.17, 15) is 5.11 Å². The van der Waals surface area contributed by atoms with E-state index in [1.807, 2.05) is 31.2 Å². The molecule has 1 N–H and O–H groups in total.